The van der Waals surface area contributed by atoms with Crippen LogP contribution in [0.5, 0.6) is 0 Å². The molecule has 0 fully saturated rings. The molecule has 0 bridgehead atoms. The summed E-state index contributed by atoms with van der Waals surface area (Å²) in [5, 5.41) is 11.1. The molecule has 144 valence electrons. The number of aromatic nitrogens is 2. The summed E-state index contributed by atoms with van der Waals surface area (Å²) in [4.78, 5) is 72.6. The van der Waals surface area contributed by atoms with E-state index < -0.39 is 62.9 Å². The zero-order valence-electron chi connectivity index (χ0n) is 14.7. The van der Waals surface area contributed by atoms with Crippen LogP contribution in [-0.2, 0) is 14.1 Å². The third-order valence-corrected chi connectivity index (χ3v) is 4.46. The van der Waals surface area contributed by atoms with Crippen molar-refractivity contribution in [1.29, 1.82) is 0 Å². The summed E-state index contributed by atoms with van der Waals surface area (Å²) >= 11 is 0. The summed E-state index contributed by atoms with van der Waals surface area (Å²) in [5.74, 6) is -3.33. The Kier molecular flexibility index (Phi) is 4.18. The minimum Gasteiger partial charge on any atom is -0.384 e. The van der Waals surface area contributed by atoms with Crippen molar-refractivity contribution in [2.24, 2.45) is 14.1 Å². The molecular weight excluding hydrogens is 374 g/mol. The normalized spacial score (nSPS) is 13.0. The molecule has 0 aliphatic carbocycles. The SMILES string of the molecule is Cn1c(N)c(C(=O)CN2C(=O)c3cccc([N+](=O)[O-])c3C2=O)c(=O)n(C)c1=O. The van der Waals surface area contributed by atoms with Gasteiger partial charge in [0.15, 0.2) is 5.78 Å². The van der Waals surface area contributed by atoms with Crippen molar-refractivity contribution < 1.29 is 19.3 Å². The Morgan fingerprint density at radius 1 is 1.11 bits per heavy atom. The topological polar surface area (TPSA) is 168 Å². The zero-order valence-corrected chi connectivity index (χ0v) is 14.7. The first-order chi connectivity index (χ1) is 13.1. The minimum absolute atomic E-state index is 0.215. The van der Waals surface area contributed by atoms with Crippen LogP contribution in [0.25, 0.3) is 0 Å². The molecule has 3 rings (SSSR count). The van der Waals surface area contributed by atoms with E-state index in [0.29, 0.717) is 9.47 Å². The van der Waals surface area contributed by atoms with Crippen LogP contribution < -0.4 is 17.0 Å². The van der Waals surface area contributed by atoms with Gasteiger partial charge in [-0.25, -0.2) is 4.79 Å². The molecule has 12 heteroatoms. The molecule has 2 amide bonds. The number of Topliss-reactive ketones (excluding diaryl/α,β-unsaturated/α-hetero) is 1. The standard InChI is InChI=1S/C16H13N5O7/c1-18-12(17)11(14(24)19(2)16(18)26)9(22)6-20-13(23)7-4-3-5-8(21(27)28)10(7)15(20)25/h3-5H,6,17H2,1-2H3. The van der Waals surface area contributed by atoms with E-state index in [4.69, 9.17) is 5.73 Å². The number of rotatable bonds is 4. The average Bonchev–Trinajstić information content (AvgIpc) is 2.90. The van der Waals surface area contributed by atoms with Crippen LogP contribution in [0.3, 0.4) is 0 Å². The third-order valence-electron chi connectivity index (χ3n) is 4.46. The van der Waals surface area contributed by atoms with E-state index in [1.807, 2.05) is 0 Å². The highest BCUT2D eigenvalue weighted by Crippen LogP contribution is 2.30. The summed E-state index contributed by atoms with van der Waals surface area (Å²) in [7, 11) is 2.39. The van der Waals surface area contributed by atoms with Gasteiger partial charge >= 0.3 is 5.69 Å². The fourth-order valence-electron chi connectivity index (χ4n) is 2.96. The molecule has 0 atom stereocenters. The van der Waals surface area contributed by atoms with Crippen molar-refractivity contribution in [3.63, 3.8) is 0 Å². The predicted octanol–water partition coefficient (Wildman–Crippen LogP) is -0.947. The number of nitrogens with two attached hydrogens (primary N) is 1. The lowest BCUT2D eigenvalue weighted by atomic mass is 10.1. The quantitative estimate of drug-likeness (QED) is 0.303. The highest BCUT2D eigenvalue weighted by Gasteiger charge is 2.42. The molecular formula is C16H13N5O7. The summed E-state index contributed by atoms with van der Waals surface area (Å²) in [6.45, 7) is -0.860. The number of nitro groups is 1. The molecule has 2 heterocycles. The largest absolute Gasteiger partial charge is 0.384 e. The molecule has 1 aliphatic heterocycles. The van der Waals surface area contributed by atoms with Crippen LogP contribution in [0.4, 0.5) is 11.5 Å². The van der Waals surface area contributed by atoms with Gasteiger partial charge in [-0.05, 0) is 6.07 Å². The molecule has 0 saturated heterocycles. The molecule has 0 spiro atoms. The minimum atomic E-state index is -1.03. The number of hydrogen-bond donors (Lipinski definition) is 1. The first-order valence-electron chi connectivity index (χ1n) is 7.80. The van der Waals surface area contributed by atoms with Gasteiger partial charge in [0.25, 0.3) is 23.1 Å². The molecule has 28 heavy (non-hydrogen) atoms. The Balaban J connectivity index is 2.04. The van der Waals surface area contributed by atoms with Crippen LogP contribution in [-0.4, -0.2) is 43.1 Å². The molecule has 0 unspecified atom stereocenters. The molecule has 0 saturated carbocycles. The maximum absolute atomic E-state index is 12.6. The second-order valence-electron chi connectivity index (χ2n) is 6.04. The molecule has 2 N–H and O–H groups in total. The smallest absolute Gasteiger partial charge is 0.332 e. The number of benzene rings is 1. The number of anilines is 1. The molecule has 1 aromatic heterocycles. The Hall–Kier alpha value is -4.09. The highest BCUT2D eigenvalue weighted by atomic mass is 16.6. The van der Waals surface area contributed by atoms with Crippen LogP contribution in [0, 0.1) is 10.1 Å². The summed E-state index contributed by atoms with van der Waals surface area (Å²) in [6.07, 6.45) is 0. The predicted molar refractivity (Wildman–Crippen MR) is 94.1 cm³/mol. The number of carbonyl (C=O) groups is 3. The van der Waals surface area contributed by atoms with Crippen LogP contribution in [0.15, 0.2) is 27.8 Å². The molecule has 1 aliphatic rings. The van der Waals surface area contributed by atoms with E-state index in [2.05, 4.69) is 0 Å². The van der Waals surface area contributed by atoms with Crippen LogP contribution in [0.1, 0.15) is 31.1 Å². The number of nitro benzene ring substituents is 1. The van der Waals surface area contributed by atoms with E-state index in [-0.39, 0.29) is 5.56 Å². The van der Waals surface area contributed by atoms with Gasteiger partial charge in [-0.1, -0.05) is 6.07 Å². The number of imide groups is 1. The summed E-state index contributed by atoms with van der Waals surface area (Å²) in [6, 6.07) is 3.54. The Labute approximate surface area is 155 Å². The Morgan fingerprint density at radius 3 is 2.36 bits per heavy atom. The van der Waals surface area contributed by atoms with E-state index in [9.17, 15) is 34.1 Å². The van der Waals surface area contributed by atoms with Gasteiger partial charge in [0.05, 0.1) is 17.0 Å². The number of carbonyl (C=O) groups excluding carboxylic acids is 3. The third kappa shape index (κ3) is 2.50. The number of fused-ring (bicyclic) bond motifs is 1. The van der Waals surface area contributed by atoms with Gasteiger partial charge < -0.3 is 5.73 Å². The van der Waals surface area contributed by atoms with Gasteiger partial charge in [-0.3, -0.25) is 43.3 Å². The molecule has 0 radical (unpaired) electrons. The maximum atomic E-state index is 12.6. The van der Waals surface area contributed by atoms with Crippen LogP contribution in [0.2, 0.25) is 0 Å². The fraction of sp³-hybridized carbons (Fsp3) is 0.188. The number of hydrogen-bond acceptors (Lipinski definition) is 8. The second-order valence-corrected chi connectivity index (χ2v) is 6.04. The van der Waals surface area contributed by atoms with E-state index >= 15 is 0 Å². The van der Waals surface area contributed by atoms with E-state index in [1.165, 1.54) is 19.2 Å². The Morgan fingerprint density at radius 2 is 1.75 bits per heavy atom. The van der Waals surface area contributed by atoms with E-state index in [1.54, 1.807) is 0 Å². The second kappa shape index (κ2) is 6.26. The number of amides is 2. The lowest BCUT2D eigenvalue weighted by molar-refractivity contribution is -0.385. The first-order valence-corrected chi connectivity index (χ1v) is 7.80. The molecule has 1 aromatic carbocycles. The van der Waals surface area contributed by atoms with Crippen molar-refractivity contribution in [1.82, 2.24) is 14.0 Å². The summed E-state index contributed by atoms with van der Waals surface area (Å²) in [5.41, 5.74) is 2.20. The fourth-order valence-corrected chi connectivity index (χ4v) is 2.96. The van der Waals surface area contributed by atoms with E-state index in [0.717, 1.165) is 17.7 Å². The Bertz CT molecular complexity index is 1210. The van der Waals surface area contributed by atoms with Crippen molar-refractivity contribution in [3.05, 3.63) is 65.8 Å². The zero-order chi connectivity index (χ0) is 20.9. The maximum Gasteiger partial charge on any atom is 0.332 e. The summed E-state index contributed by atoms with van der Waals surface area (Å²) < 4.78 is 1.54. The van der Waals surface area contributed by atoms with Crippen LogP contribution >= 0.6 is 0 Å². The molecule has 12 nitrogen and oxygen atoms in total. The average molecular weight is 387 g/mol. The number of nitrogen functional groups attached to an aromatic ring is 1. The van der Waals surface area contributed by atoms with Crippen molar-refractivity contribution in [2.45, 2.75) is 0 Å². The highest BCUT2D eigenvalue weighted by molar-refractivity contribution is 6.24. The number of ketones is 1. The van der Waals surface area contributed by atoms with Crippen molar-refractivity contribution >= 4 is 29.1 Å². The molecule has 2 aromatic rings. The lowest BCUT2D eigenvalue weighted by Gasteiger charge is -2.15. The first kappa shape index (κ1) is 18.7. The van der Waals surface area contributed by atoms with Crippen molar-refractivity contribution in [2.75, 3.05) is 12.3 Å². The van der Waals surface area contributed by atoms with Gasteiger partial charge in [0.2, 0.25) is 0 Å². The van der Waals surface area contributed by atoms with Gasteiger partial charge in [-0.15, -0.1) is 0 Å². The lowest BCUT2D eigenvalue weighted by Crippen LogP contribution is -2.44. The number of nitrogens with zero attached hydrogens (tertiary/aromatic N) is 4. The van der Waals surface area contributed by atoms with Gasteiger partial charge in [-0.2, -0.15) is 0 Å². The van der Waals surface area contributed by atoms with Gasteiger partial charge in [0, 0.05) is 20.2 Å². The van der Waals surface area contributed by atoms with Crippen molar-refractivity contribution in [3.8, 4) is 0 Å². The van der Waals surface area contributed by atoms with Gasteiger partial charge in [0.1, 0.15) is 16.9 Å². The monoisotopic (exact) mass is 387 g/mol.